The van der Waals surface area contributed by atoms with Crippen LogP contribution in [-0.4, -0.2) is 0 Å². The molecule has 4 aromatic rings. The number of anilines is 3. The van der Waals surface area contributed by atoms with Gasteiger partial charge in [0.1, 0.15) is 0 Å². The predicted molar refractivity (Wildman–Crippen MR) is 144 cm³/mol. The van der Waals surface area contributed by atoms with Crippen molar-refractivity contribution in [2.75, 3.05) is 4.90 Å². The summed E-state index contributed by atoms with van der Waals surface area (Å²) in [6, 6.07) is 34.9. The van der Waals surface area contributed by atoms with E-state index in [2.05, 4.69) is 140 Å². The number of benzene rings is 4. The maximum absolute atomic E-state index is 2.35. The second kappa shape index (κ2) is 9.34. The molecule has 1 heterocycles. The quantitative estimate of drug-likeness (QED) is 0.253. The first-order valence-electron chi connectivity index (χ1n) is 11.8. The molecule has 0 saturated heterocycles. The third-order valence-electron chi connectivity index (χ3n) is 6.54. The van der Waals surface area contributed by atoms with Gasteiger partial charge in [0.25, 0.3) is 0 Å². The summed E-state index contributed by atoms with van der Waals surface area (Å²) < 4.78 is 0. The Balaban J connectivity index is 1.43. The molecule has 4 aromatic carbocycles. The second-order valence-corrected chi connectivity index (χ2v) is 8.69. The van der Waals surface area contributed by atoms with Crippen LogP contribution in [0.5, 0.6) is 0 Å². The van der Waals surface area contributed by atoms with Crippen molar-refractivity contribution in [1.82, 2.24) is 0 Å². The zero-order valence-corrected chi connectivity index (χ0v) is 19.3. The van der Waals surface area contributed by atoms with Crippen LogP contribution in [0.3, 0.4) is 0 Å². The van der Waals surface area contributed by atoms with Gasteiger partial charge < -0.3 is 4.90 Å². The third kappa shape index (κ3) is 4.40. The molecule has 1 heteroatoms. The van der Waals surface area contributed by atoms with E-state index in [0.717, 1.165) is 5.69 Å². The molecule has 1 aliphatic rings. The van der Waals surface area contributed by atoms with Crippen LogP contribution in [0, 0.1) is 0 Å². The molecular formula is C32H29N. The van der Waals surface area contributed by atoms with Gasteiger partial charge in [0, 0.05) is 5.69 Å². The van der Waals surface area contributed by atoms with Crippen molar-refractivity contribution < 1.29 is 0 Å². The summed E-state index contributed by atoms with van der Waals surface area (Å²) in [5, 5.41) is 0. The SMILES string of the molecule is CCC(C)c1ccc(C=Cc2ccc(N3c4ccccc4C=Cc4ccccc43)cc2)cc1. The van der Waals surface area contributed by atoms with E-state index in [1.807, 2.05) is 0 Å². The number of hydrogen-bond acceptors (Lipinski definition) is 1. The normalized spacial score (nSPS) is 13.5. The first-order chi connectivity index (χ1) is 16.2. The number of hydrogen-bond donors (Lipinski definition) is 0. The molecule has 0 aromatic heterocycles. The van der Waals surface area contributed by atoms with Crippen molar-refractivity contribution in [3.05, 3.63) is 125 Å². The van der Waals surface area contributed by atoms with E-state index in [1.54, 1.807) is 0 Å². The second-order valence-electron chi connectivity index (χ2n) is 8.69. The van der Waals surface area contributed by atoms with E-state index < -0.39 is 0 Å². The van der Waals surface area contributed by atoms with Crippen molar-refractivity contribution in [2.24, 2.45) is 0 Å². The van der Waals surface area contributed by atoms with Gasteiger partial charge in [-0.15, -0.1) is 0 Å². The minimum atomic E-state index is 0.611. The average molecular weight is 428 g/mol. The molecule has 5 rings (SSSR count). The largest absolute Gasteiger partial charge is 0.309 e. The maximum Gasteiger partial charge on any atom is 0.0534 e. The molecule has 0 saturated carbocycles. The summed E-state index contributed by atoms with van der Waals surface area (Å²) in [7, 11) is 0. The Morgan fingerprint density at radius 3 is 1.64 bits per heavy atom. The summed E-state index contributed by atoms with van der Waals surface area (Å²) in [4.78, 5) is 2.35. The highest BCUT2D eigenvalue weighted by molar-refractivity contribution is 5.93. The third-order valence-corrected chi connectivity index (χ3v) is 6.54. The molecular weight excluding hydrogens is 398 g/mol. The van der Waals surface area contributed by atoms with Gasteiger partial charge in [-0.3, -0.25) is 0 Å². The molecule has 0 N–H and O–H groups in total. The van der Waals surface area contributed by atoms with Gasteiger partial charge in [-0.25, -0.2) is 0 Å². The van der Waals surface area contributed by atoms with Crippen LogP contribution in [-0.2, 0) is 0 Å². The number of nitrogens with zero attached hydrogens (tertiary/aromatic N) is 1. The minimum absolute atomic E-state index is 0.611. The van der Waals surface area contributed by atoms with Gasteiger partial charge in [-0.05, 0) is 64.4 Å². The zero-order valence-electron chi connectivity index (χ0n) is 19.3. The van der Waals surface area contributed by atoms with Crippen molar-refractivity contribution in [3.8, 4) is 0 Å². The maximum atomic E-state index is 2.35. The Kier molecular flexibility index (Phi) is 5.95. The lowest BCUT2D eigenvalue weighted by Crippen LogP contribution is -2.11. The molecule has 0 bridgehead atoms. The van der Waals surface area contributed by atoms with E-state index in [4.69, 9.17) is 0 Å². The van der Waals surface area contributed by atoms with Gasteiger partial charge in [0.2, 0.25) is 0 Å². The molecule has 1 atom stereocenters. The molecule has 1 aliphatic heterocycles. The van der Waals surface area contributed by atoms with E-state index in [1.165, 1.54) is 45.6 Å². The molecule has 0 spiro atoms. The van der Waals surface area contributed by atoms with Gasteiger partial charge in [0.05, 0.1) is 11.4 Å². The molecule has 0 radical (unpaired) electrons. The van der Waals surface area contributed by atoms with Crippen LogP contribution in [0.1, 0.15) is 54.0 Å². The Labute approximate surface area is 197 Å². The lowest BCUT2D eigenvalue weighted by atomic mass is 9.97. The summed E-state index contributed by atoms with van der Waals surface area (Å²) in [6.45, 7) is 4.52. The highest BCUT2D eigenvalue weighted by atomic mass is 15.1. The summed E-state index contributed by atoms with van der Waals surface area (Å²) in [6.07, 6.45) is 9.96. The smallest absolute Gasteiger partial charge is 0.0534 e. The highest BCUT2D eigenvalue weighted by Crippen LogP contribution is 2.41. The topological polar surface area (TPSA) is 3.24 Å². The average Bonchev–Trinajstić information content (AvgIpc) is 3.05. The van der Waals surface area contributed by atoms with Crippen molar-refractivity contribution in [1.29, 1.82) is 0 Å². The zero-order chi connectivity index (χ0) is 22.6. The van der Waals surface area contributed by atoms with Crippen LogP contribution in [0.2, 0.25) is 0 Å². The molecule has 0 aliphatic carbocycles. The standard InChI is InChI=1S/C32H29N/c1-3-24(2)27-18-14-25(15-19-27)12-13-26-16-22-30(23-17-26)33-31-10-6-4-8-28(31)20-21-29-9-5-7-11-32(29)33/h4-24H,3H2,1-2H3. The minimum Gasteiger partial charge on any atom is -0.309 e. The number of fused-ring (bicyclic) bond motifs is 2. The van der Waals surface area contributed by atoms with Crippen LogP contribution in [0.15, 0.2) is 97.1 Å². The fourth-order valence-corrected chi connectivity index (χ4v) is 4.35. The molecule has 0 amide bonds. The van der Waals surface area contributed by atoms with Crippen LogP contribution < -0.4 is 4.90 Å². The Hall–Kier alpha value is -3.84. The lowest BCUT2D eigenvalue weighted by Gasteiger charge is -2.27. The fraction of sp³-hybridized carbons (Fsp3) is 0.125. The monoisotopic (exact) mass is 427 g/mol. The highest BCUT2D eigenvalue weighted by Gasteiger charge is 2.19. The van der Waals surface area contributed by atoms with E-state index >= 15 is 0 Å². The van der Waals surface area contributed by atoms with Gasteiger partial charge in [-0.1, -0.05) is 111 Å². The van der Waals surface area contributed by atoms with Crippen molar-refractivity contribution in [3.63, 3.8) is 0 Å². The number of rotatable bonds is 5. The molecule has 33 heavy (non-hydrogen) atoms. The van der Waals surface area contributed by atoms with Crippen LogP contribution in [0.4, 0.5) is 17.1 Å². The van der Waals surface area contributed by atoms with Gasteiger partial charge >= 0.3 is 0 Å². The molecule has 162 valence electrons. The summed E-state index contributed by atoms with van der Waals surface area (Å²) in [5.41, 5.74) is 9.83. The van der Waals surface area contributed by atoms with Gasteiger partial charge in [0.15, 0.2) is 0 Å². The Bertz CT molecular complexity index is 1240. The summed E-state index contributed by atoms with van der Waals surface area (Å²) >= 11 is 0. The first kappa shape index (κ1) is 21.0. The Morgan fingerprint density at radius 1 is 0.636 bits per heavy atom. The van der Waals surface area contributed by atoms with Crippen molar-refractivity contribution >= 4 is 41.4 Å². The van der Waals surface area contributed by atoms with E-state index in [9.17, 15) is 0 Å². The predicted octanol–water partition coefficient (Wildman–Crippen LogP) is 9.32. The Morgan fingerprint density at radius 2 is 1.12 bits per heavy atom. The van der Waals surface area contributed by atoms with Crippen LogP contribution in [0.25, 0.3) is 24.3 Å². The lowest BCUT2D eigenvalue weighted by molar-refractivity contribution is 0.733. The molecule has 1 unspecified atom stereocenters. The van der Waals surface area contributed by atoms with E-state index in [0.29, 0.717) is 5.92 Å². The number of para-hydroxylation sites is 2. The van der Waals surface area contributed by atoms with Crippen LogP contribution >= 0.6 is 0 Å². The van der Waals surface area contributed by atoms with Gasteiger partial charge in [-0.2, -0.15) is 0 Å². The first-order valence-corrected chi connectivity index (χ1v) is 11.8. The molecule has 1 nitrogen and oxygen atoms in total. The van der Waals surface area contributed by atoms with Crippen molar-refractivity contribution in [2.45, 2.75) is 26.2 Å². The molecule has 0 fully saturated rings. The summed E-state index contributed by atoms with van der Waals surface area (Å²) in [5.74, 6) is 0.611. The fourth-order valence-electron chi connectivity index (χ4n) is 4.35. The van der Waals surface area contributed by atoms with E-state index in [-0.39, 0.29) is 0 Å².